The first-order valence-corrected chi connectivity index (χ1v) is 20.8. The Labute approximate surface area is 324 Å². The molecule has 0 heterocycles. The van der Waals surface area contributed by atoms with Gasteiger partial charge in [-0.1, -0.05) is 120 Å². The van der Waals surface area contributed by atoms with Crippen LogP contribution in [0, 0.1) is 71.0 Å². The molecule has 298 valence electrons. The molecule has 0 aliphatic heterocycles. The minimum Gasteiger partial charge on any atom is -0.295 e. The van der Waals surface area contributed by atoms with Gasteiger partial charge in [-0.3, -0.25) is 24.0 Å². The quantitative estimate of drug-likeness (QED) is 0.288. The van der Waals surface area contributed by atoms with Gasteiger partial charge in [-0.15, -0.1) is 0 Å². The summed E-state index contributed by atoms with van der Waals surface area (Å²) in [5, 5.41) is 0. The lowest BCUT2D eigenvalue weighted by molar-refractivity contribution is -0.121. The second-order valence-electron chi connectivity index (χ2n) is 17.2. The number of Topliss-reactive ketones (excluding diaryl/α,β-unsaturated/α-hetero) is 2. The highest BCUT2D eigenvalue weighted by molar-refractivity contribution is 5.96. The Morgan fingerprint density at radius 2 is 1.02 bits per heavy atom. The van der Waals surface area contributed by atoms with Crippen molar-refractivity contribution in [2.45, 2.75) is 142 Å². The van der Waals surface area contributed by atoms with Crippen LogP contribution in [0.4, 0.5) is 0 Å². The van der Waals surface area contributed by atoms with Crippen LogP contribution in [0.3, 0.4) is 0 Å². The molecule has 0 spiro atoms. The number of hydrogen-bond donors (Lipinski definition) is 0. The summed E-state index contributed by atoms with van der Waals surface area (Å²) in [6.45, 7) is 31.6. The van der Waals surface area contributed by atoms with Crippen LogP contribution < -0.4 is 0 Å². The van der Waals surface area contributed by atoms with Gasteiger partial charge in [-0.25, -0.2) is 0 Å². The summed E-state index contributed by atoms with van der Waals surface area (Å²) in [7, 11) is 0. The van der Waals surface area contributed by atoms with E-state index in [1.54, 1.807) is 12.2 Å². The molecule has 12 unspecified atom stereocenters. The van der Waals surface area contributed by atoms with Gasteiger partial charge in [0.1, 0.15) is 0 Å². The lowest BCUT2D eigenvalue weighted by Crippen LogP contribution is -2.27. The number of hydrogen-bond acceptors (Lipinski definition) is 5. The highest BCUT2D eigenvalue weighted by atomic mass is 16.1. The standard InChI is InChI=1S/3C10H16O.2C9H14O/c1-4-9-5-7(2)8(3)6-10(9)11;1-4-9-8(3)5-7(2)6-10(9)11;1-4-9-8(3)7(2)5-6-10(9)11;1-6-4-8(3)9(10)5-7(6)2;1-6-4-5-9(10)8(3)7(6)2/h5,7-8H,4,6H2,1-3H3;6,8-9H,4-5H2,1-3H3;5-9H,4H2,1-3H3;4,6-7H,5H2,1-3H3;4-8H,1-3H3. The number of carbonyl (C=O) groups excluding carboxylic acids is 5. The van der Waals surface area contributed by atoms with Crippen LogP contribution in [0.5, 0.6) is 0 Å². The van der Waals surface area contributed by atoms with Crippen LogP contribution >= 0.6 is 0 Å². The Hall–Kier alpha value is -2.95. The molecule has 0 amide bonds. The summed E-state index contributed by atoms with van der Waals surface area (Å²) in [6, 6.07) is 0. The van der Waals surface area contributed by atoms with Crippen molar-refractivity contribution in [3.05, 3.63) is 59.3 Å². The number of carbonyl (C=O) groups is 5. The van der Waals surface area contributed by atoms with Gasteiger partial charge >= 0.3 is 0 Å². The van der Waals surface area contributed by atoms with Crippen LogP contribution in [-0.2, 0) is 24.0 Å². The number of rotatable bonds is 3. The summed E-state index contributed by atoms with van der Waals surface area (Å²) in [4.78, 5) is 56.1. The lowest BCUT2D eigenvalue weighted by Gasteiger charge is -2.27. The van der Waals surface area contributed by atoms with Gasteiger partial charge in [0, 0.05) is 30.6 Å². The fraction of sp³-hybridized carbons (Fsp3) is 0.688. The summed E-state index contributed by atoms with van der Waals surface area (Å²) in [5.41, 5.74) is 3.23. The van der Waals surface area contributed by atoms with Crippen molar-refractivity contribution in [1.82, 2.24) is 0 Å². The van der Waals surface area contributed by atoms with Crippen molar-refractivity contribution >= 4 is 28.9 Å². The van der Waals surface area contributed by atoms with Gasteiger partial charge in [0.15, 0.2) is 28.9 Å². The van der Waals surface area contributed by atoms with E-state index < -0.39 is 0 Å². The zero-order valence-electron chi connectivity index (χ0n) is 36.3. The average molecular weight is 733 g/mol. The molecule has 5 aliphatic carbocycles. The normalized spacial score (nSPS) is 35.1. The summed E-state index contributed by atoms with van der Waals surface area (Å²) in [6.07, 6.45) is 19.0. The van der Waals surface area contributed by atoms with E-state index in [-0.39, 0.29) is 17.6 Å². The molecule has 53 heavy (non-hydrogen) atoms. The summed E-state index contributed by atoms with van der Waals surface area (Å²) < 4.78 is 0. The molecule has 0 aromatic rings. The number of allylic oxidation sites excluding steroid dienone is 10. The minimum atomic E-state index is 0.222. The molecule has 0 saturated carbocycles. The molecule has 0 fully saturated rings. The molecule has 5 heteroatoms. The van der Waals surface area contributed by atoms with Crippen LogP contribution in [0.2, 0.25) is 0 Å². The first-order valence-electron chi connectivity index (χ1n) is 20.8. The average Bonchev–Trinajstić information content (AvgIpc) is 3.09. The van der Waals surface area contributed by atoms with Crippen LogP contribution in [-0.4, -0.2) is 28.9 Å². The van der Waals surface area contributed by atoms with Crippen LogP contribution in [0.15, 0.2) is 59.3 Å². The van der Waals surface area contributed by atoms with Crippen molar-refractivity contribution in [3.8, 4) is 0 Å². The Balaban J connectivity index is 0.000000331. The minimum absolute atomic E-state index is 0.222. The predicted molar refractivity (Wildman–Crippen MR) is 222 cm³/mol. The Bertz CT molecular complexity index is 1400. The first kappa shape index (κ1) is 48.1. The Morgan fingerprint density at radius 1 is 0.528 bits per heavy atom. The van der Waals surface area contributed by atoms with Crippen LogP contribution in [0.25, 0.3) is 0 Å². The maximum Gasteiger partial charge on any atom is 0.158 e. The third-order valence-electron chi connectivity index (χ3n) is 13.0. The van der Waals surface area contributed by atoms with Gasteiger partial charge < -0.3 is 0 Å². The van der Waals surface area contributed by atoms with Gasteiger partial charge in [0.05, 0.1) is 0 Å². The molecule has 0 radical (unpaired) electrons. The van der Waals surface area contributed by atoms with E-state index in [2.05, 4.69) is 88.3 Å². The monoisotopic (exact) mass is 733 g/mol. The molecular weight excluding hydrogens is 657 g/mol. The zero-order valence-corrected chi connectivity index (χ0v) is 36.3. The van der Waals surface area contributed by atoms with E-state index in [0.29, 0.717) is 82.3 Å². The zero-order chi connectivity index (χ0) is 40.7. The number of ketones is 5. The summed E-state index contributed by atoms with van der Waals surface area (Å²) in [5.74, 6) is 7.37. The lowest BCUT2D eigenvalue weighted by atomic mass is 9.76. The molecular formula is C48H76O5. The molecule has 0 bridgehead atoms. The topological polar surface area (TPSA) is 85.3 Å². The van der Waals surface area contributed by atoms with E-state index in [0.717, 1.165) is 49.7 Å². The van der Waals surface area contributed by atoms with Crippen molar-refractivity contribution in [1.29, 1.82) is 0 Å². The molecule has 5 nitrogen and oxygen atoms in total. The van der Waals surface area contributed by atoms with E-state index >= 15 is 0 Å². The van der Waals surface area contributed by atoms with E-state index in [9.17, 15) is 24.0 Å². The van der Waals surface area contributed by atoms with Crippen molar-refractivity contribution in [2.75, 3.05) is 0 Å². The van der Waals surface area contributed by atoms with E-state index in [4.69, 9.17) is 0 Å². The molecule has 5 rings (SSSR count). The van der Waals surface area contributed by atoms with Crippen molar-refractivity contribution < 1.29 is 24.0 Å². The van der Waals surface area contributed by atoms with E-state index in [1.807, 2.05) is 45.9 Å². The van der Waals surface area contributed by atoms with Gasteiger partial charge in [-0.2, -0.15) is 0 Å². The SMILES string of the molecule is CC1=CC(C)C(C)CC1=O.CC1C=CC(=O)C(C)C1C.CCC1=CC(C)C(C)CC1=O.CCC1C(=O)C=C(C)CC1C.CCC1C(=O)C=CC(C)C1C. The van der Waals surface area contributed by atoms with Crippen molar-refractivity contribution in [2.24, 2.45) is 71.0 Å². The maximum atomic E-state index is 11.4. The van der Waals surface area contributed by atoms with Gasteiger partial charge in [0.25, 0.3) is 0 Å². The van der Waals surface area contributed by atoms with Gasteiger partial charge in [0.2, 0.25) is 0 Å². The Kier molecular flexibility index (Phi) is 20.9. The molecule has 0 aromatic heterocycles. The van der Waals surface area contributed by atoms with E-state index in [1.165, 1.54) is 5.57 Å². The Morgan fingerprint density at radius 3 is 1.47 bits per heavy atom. The molecule has 5 aliphatic rings. The third kappa shape index (κ3) is 15.0. The molecule has 0 N–H and O–H groups in total. The predicted octanol–water partition coefficient (Wildman–Crippen LogP) is 11.8. The van der Waals surface area contributed by atoms with Gasteiger partial charge in [-0.05, 0) is 122 Å². The maximum absolute atomic E-state index is 11.4. The van der Waals surface area contributed by atoms with Crippen LogP contribution in [0.1, 0.15) is 142 Å². The largest absolute Gasteiger partial charge is 0.295 e. The second-order valence-corrected chi connectivity index (χ2v) is 17.2. The van der Waals surface area contributed by atoms with Crippen molar-refractivity contribution in [3.63, 3.8) is 0 Å². The third-order valence-corrected chi connectivity index (χ3v) is 13.0. The molecule has 12 atom stereocenters. The first-order chi connectivity index (χ1) is 24.7. The molecule has 0 aromatic carbocycles. The fourth-order valence-electron chi connectivity index (χ4n) is 7.76. The second kappa shape index (κ2) is 23.1. The highest BCUT2D eigenvalue weighted by Crippen LogP contribution is 2.31. The highest BCUT2D eigenvalue weighted by Gasteiger charge is 2.29. The smallest absolute Gasteiger partial charge is 0.158 e. The summed E-state index contributed by atoms with van der Waals surface area (Å²) >= 11 is 0. The fourth-order valence-corrected chi connectivity index (χ4v) is 7.76. The molecule has 0 saturated heterocycles.